The Bertz CT molecular complexity index is 3250. The topological polar surface area (TPSA) is 278 Å². The van der Waals surface area contributed by atoms with Crippen LogP contribution in [0.2, 0.25) is 0 Å². The summed E-state index contributed by atoms with van der Waals surface area (Å²) in [5, 5.41) is 100. The van der Waals surface area contributed by atoms with Gasteiger partial charge in [0.15, 0.2) is 12.2 Å². The Kier molecular flexibility index (Phi) is 19.5. The van der Waals surface area contributed by atoms with E-state index in [2.05, 4.69) is 0 Å². The number of carboxylic acid groups (broad SMARTS) is 1. The van der Waals surface area contributed by atoms with Crippen molar-refractivity contribution in [2.45, 2.75) is 121 Å². The van der Waals surface area contributed by atoms with Crippen LogP contribution in [0.5, 0.6) is 0 Å². The Morgan fingerprint density at radius 1 is 0.529 bits per heavy atom. The number of aliphatic carboxylic acids is 1. The zero-order chi connectivity index (χ0) is 61.2. The van der Waals surface area contributed by atoms with Crippen LogP contribution in [0.25, 0.3) is 0 Å². The molecule has 2 amide bonds. The highest BCUT2D eigenvalue weighted by Crippen LogP contribution is 2.49. The SMILES string of the molecule is O=C(O)[C@H]1O[C@@H](Sc2ccc([C@@H]3[C@@H](CC[C@H](O)c4ccc(F)cc4)C(=O)N3c3ccc(F)cc3)cc2)[C@H](O)[C@@H](O)[C@@H]1O.O=C1[C@H](CC[C@H](O)c2ccc(F)cc2)[C@@H](c2ccc(C(F)(F)[C@@H]3O[C@H](CO)[C@@H](O)[C@H](O)[C@H]3O)cc2)N1c1ccc(F)cc1. The number of anilines is 2. The first-order valence-electron chi connectivity index (χ1n) is 27.0. The normalized spacial score (nSPS) is 28.4. The number of halogens is 6. The van der Waals surface area contributed by atoms with Crippen LogP contribution in [0.15, 0.2) is 150 Å². The monoisotopic (exact) mass is 1210 g/mol. The lowest BCUT2D eigenvalue weighted by molar-refractivity contribution is -0.284. The van der Waals surface area contributed by atoms with Crippen molar-refractivity contribution in [1.82, 2.24) is 0 Å². The molecular weight excluding hydrogens is 1150 g/mol. The van der Waals surface area contributed by atoms with E-state index in [0.717, 1.165) is 29.5 Å². The molecule has 24 heteroatoms. The zero-order valence-electron chi connectivity index (χ0n) is 44.7. The standard InChI is InChI=1S/C31H31F4NO7.C30H29F2NO8S/c32-19-7-3-16(4-8-19)23(38)14-13-22-25(36(30(22)42)21-11-9-20(33)10-12-21)17-1-5-18(6-2-17)31(34,35)29-28(41)27(40)26(39)24(15-37)43-29;31-17-5-1-15(2-6-17)22(34)14-13-21-23(33(28(21)38)19-9-7-18(32)8-10-19)16-3-11-20(12-4-16)42-30-26(37)24(35)25(36)27(41-30)29(39)40/h1-12,22-29,37-41H,13-15H2;1-12,21-27,30,34-37H,13-14H2,(H,39,40)/t22-,23+,24-,25-,26-,27+,28-,29-;21-,22+,23-,24+,25+,26-,27+,30+/m11/s1. The quantitative estimate of drug-likeness (QED) is 0.0335. The van der Waals surface area contributed by atoms with E-state index in [1.165, 1.54) is 114 Å². The van der Waals surface area contributed by atoms with Gasteiger partial charge in [-0.2, -0.15) is 8.78 Å². The molecule has 0 spiro atoms. The number of nitrogens with zero attached hydrogens (tertiary/aromatic N) is 2. The van der Waals surface area contributed by atoms with Crippen molar-refractivity contribution in [3.05, 3.63) is 197 Å². The maximum absolute atomic E-state index is 15.5. The lowest BCUT2D eigenvalue weighted by atomic mass is 9.78. The fourth-order valence-corrected chi connectivity index (χ4v) is 12.1. The molecule has 452 valence electrons. The number of benzene rings is 6. The molecule has 0 aliphatic carbocycles. The highest BCUT2D eigenvalue weighted by Gasteiger charge is 2.56. The minimum atomic E-state index is -3.85. The van der Waals surface area contributed by atoms with Crippen molar-refractivity contribution in [3.8, 4) is 0 Å². The van der Waals surface area contributed by atoms with E-state index >= 15 is 8.78 Å². The molecule has 4 heterocycles. The highest BCUT2D eigenvalue weighted by atomic mass is 32.2. The predicted molar refractivity (Wildman–Crippen MR) is 292 cm³/mol. The molecule has 0 radical (unpaired) electrons. The van der Waals surface area contributed by atoms with Crippen molar-refractivity contribution in [3.63, 3.8) is 0 Å². The molecular formula is C61H60F6N2O15S. The number of thioether (sulfide) groups is 1. The molecule has 17 nitrogen and oxygen atoms in total. The molecule has 4 saturated heterocycles. The second kappa shape index (κ2) is 26.5. The molecule has 0 aromatic heterocycles. The van der Waals surface area contributed by atoms with Gasteiger partial charge in [0.05, 0.1) is 42.7 Å². The number of amides is 2. The van der Waals surface area contributed by atoms with E-state index in [1.54, 1.807) is 29.2 Å². The van der Waals surface area contributed by atoms with Crippen LogP contribution in [0.4, 0.5) is 37.7 Å². The Balaban J connectivity index is 0.000000204. The average Bonchev–Trinajstić information content (AvgIpc) is 1.32. The number of carbonyl (C=O) groups excluding carboxylic acids is 2. The number of alkyl halides is 2. The molecule has 4 fully saturated rings. The zero-order valence-corrected chi connectivity index (χ0v) is 45.5. The molecule has 0 bridgehead atoms. The number of aliphatic hydroxyl groups is 9. The predicted octanol–water partition coefficient (Wildman–Crippen LogP) is 6.28. The number of hydrogen-bond donors (Lipinski definition) is 10. The van der Waals surface area contributed by atoms with Crippen molar-refractivity contribution in [1.29, 1.82) is 0 Å². The summed E-state index contributed by atoms with van der Waals surface area (Å²) in [6.07, 6.45) is -17.4. The number of β-lactam (4-membered cyclic amide) rings is 2. The van der Waals surface area contributed by atoms with Crippen molar-refractivity contribution in [2.75, 3.05) is 16.4 Å². The summed E-state index contributed by atoms with van der Waals surface area (Å²) < 4.78 is 95.3. The fourth-order valence-electron chi connectivity index (χ4n) is 11.1. The molecule has 6 aromatic rings. The van der Waals surface area contributed by atoms with Crippen LogP contribution >= 0.6 is 11.8 Å². The van der Waals surface area contributed by atoms with E-state index in [9.17, 15) is 83.0 Å². The fraction of sp³-hybridized carbons (Fsp3) is 0.361. The summed E-state index contributed by atoms with van der Waals surface area (Å²) in [5.74, 6) is -8.81. The van der Waals surface area contributed by atoms with Gasteiger partial charge in [-0.15, -0.1) is 0 Å². The Morgan fingerprint density at radius 3 is 1.34 bits per heavy atom. The van der Waals surface area contributed by atoms with Gasteiger partial charge in [-0.3, -0.25) is 9.59 Å². The maximum atomic E-state index is 15.5. The van der Waals surface area contributed by atoms with Crippen LogP contribution in [0.3, 0.4) is 0 Å². The van der Waals surface area contributed by atoms with Gasteiger partial charge in [-0.1, -0.05) is 72.4 Å². The number of carbonyl (C=O) groups is 3. The molecule has 0 unspecified atom stereocenters. The molecule has 10 N–H and O–H groups in total. The van der Waals surface area contributed by atoms with Gasteiger partial charge in [0, 0.05) is 21.8 Å². The summed E-state index contributed by atoms with van der Waals surface area (Å²) in [6, 6.07) is 32.3. The first-order chi connectivity index (χ1) is 40.5. The number of ether oxygens (including phenoxy) is 2. The Labute approximate surface area is 486 Å². The largest absolute Gasteiger partial charge is 0.479 e. The smallest absolute Gasteiger partial charge is 0.335 e. The second-order valence-electron chi connectivity index (χ2n) is 21.2. The van der Waals surface area contributed by atoms with Gasteiger partial charge >= 0.3 is 11.9 Å². The van der Waals surface area contributed by atoms with Crippen LogP contribution < -0.4 is 9.80 Å². The number of aliphatic hydroxyl groups excluding tert-OH is 9. The summed E-state index contributed by atoms with van der Waals surface area (Å²) in [6.45, 7) is -0.858. The van der Waals surface area contributed by atoms with E-state index in [-0.39, 0.29) is 31.1 Å². The molecule has 4 aliphatic rings. The Hall–Kier alpha value is -6.78. The lowest BCUT2D eigenvalue weighted by Gasteiger charge is -2.48. The highest BCUT2D eigenvalue weighted by molar-refractivity contribution is 7.99. The van der Waals surface area contributed by atoms with Gasteiger partial charge in [-0.25, -0.2) is 22.4 Å². The van der Waals surface area contributed by atoms with Gasteiger partial charge in [0.2, 0.25) is 11.8 Å². The van der Waals surface area contributed by atoms with E-state index in [0.29, 0.717) is 39.4 Å². The molecule has 16 atom stereocenters. The minimum absolute atomic E-state index is 0.156. The van der Waals surface area contributed by atoms with Gasteiger partial charge in [-0.05, 0) is 133 Å². The maximum Gasteiger partial charge on any atom is 0.335 e. The Morgan fingerprint density at radius 2 is 0.929 bits per heavy atom. The van der Waals surface area contributed by atoms with Gasteiger partial charge in [0.1, 0.15) is 71.4 Å². The number of hydrogen-bond acceptors (Lipinski definition) is 15. The van der Waals surface area contributed by atoms with E-state index in [4.69, 9.17) is 9.47 Å². The van der Waals surface area contributed by atoms with Gasteiger partial charge in [0.25, 0.3) is 0 Å². The second-order valence-corrected chi connectivity index (χ2v) is 22.3. The summed E-state index contributed by atoms with van der Waals surface area (Å²) in [5.41, 5.74) is 1.37. The third-order valence-electron chi connectivity index (χ3n) is 15.8. The number of rotatable bonds is 18. The van der Waals surface area contributed by atoms with E-state index < -0.39 is 144 Å². The molecule has 6 aromatic carbocycles. The molecule has 10 rings (SSSR count). The first kappa shape index (κ1) is 62.7. The minimum Gasteiger partial charge on any atom is -0.479 e. The first-order valence-corrected chi connectivity index (χ1v) is 27.9. The third kappa shape index (κ3) is 13.3. The summed E-state index contributed by atoms with van der Waals surface area (Å²) >= 11 is 0.970. The van der Waals surface area contributed by atoms with Crippen LogP contribution in [0.1, 0.15) is 77.8 Å². The summed E-state index contributed by atoms with van der Waals surface area (Å²) in [7, 11) is 0. The van der Waals surface area contributed by atoms with Crippen LogP contribution in [-0.2, 0) is 29.8 Å². The summed E-state index contributed by atoms with van der Waals surface area (Å²) in [4.78, 5) is 41.5. The molecule has 4 aliphatic heterocycles. The average molecular weight is 1210 g/mol. The van der Waals surface area contributed by atoms with Gasteiger partial charge < -0.3 is 70.3 Å². The van der Waals surface area contributed by atoms with Crippen LogP contribution in [-0.4, -0.2) is 136 Å². The lowest BCUT2D eigenvalue weighted by Crippen LogP contribution is -2.62. The number of carboxylic acids is 1. The third-order valence-corrected chi connectivity index (χ3v) is 17.0. The van der Waals surface area contributed by atoms with Crippen molar-refractivity contribution < 1.29 is 101 Å². The van der Waals surface area contributed by atoms with Crippen LogP contribution in [0, 0.1) is 35.1 Å². The molecule has 0 saturated carbocycles. The van der Waals surface area contributed by atoms with E-state index in [1.807, 2.05) is 0 Å². The van der Waals surface area contributed by atoms with Crippen molar-refractivity contribution in [2.24, 2.45) is 11.8 Å². The molecule has 85 heavy (non-hydrogen) atoms. The van der Waals surface area contributed by atoms with Crippen molar-refractivity contribution >= 4 is 40.9 Å².